The quantitative estimate of drug-likeness (QED) is 0.806. The molecule has 27 heavy (non-hydrogen) atoms. The van der Waals surface area contributed by atoms with E-state index in [1.807, 2.05) is 25.8 Å². The summed E-state index contributed by atoms with van der Waals surface area (Å²) >= 11 is 0. The van der Waals surface area contributed by atoms with Gasteiger partial charge in [-0.05, 0) is 51.1 Å². The van der Waals surface area contributed by atoms with E-state index in [0.29, 0.717) is 28.6 Å². The van der Waals surface area contributed by atoms with Crippen molar-refractivity contribution in [1.29, 1.82) is 0 Å². The first-order valence-electron chi connectivity index (χ1n) is 8.84. The smallest absolute Gasteiger partial charge is 0.246 e. The van der Waals surface area contributed by atoms with Crippen molar-refractivity contribution >= 4 is 23.0 Å². The third-order valence-electron chi connectivity index (χ3n) is 4.52. The Bertz CT molecular complexity index is 841. The first-order chi connectivity index (χ1) is 12.8. The summed E-state index contributed by atoms with van der Waals surface area (Å²) in [6, 6.07) is 9.71. The number of rotatable bonds is 6. The van der Waals surface area contributed by atoms with Gasteiger partial charge in [0.1, 0.15) is 11.9 Å². The highest BCUT2D eigenvalue weighted by molar-refractivity contribution is 5.96. The van der Waals surface area contributed by atoms with Crippen LogP contribution in [0, 0.1) is 5.82 Å². The van der Waals surface area contributed by atoms with E-state index in [-0.39, 0.29) is 24.6 Å². The van der Waals surface area contributed by atoms with Gasteiger partial charge in [-0.2, -0.15) is 0 Å². The van der Waals surface area contributed by atoms with Gasteiger partial charge in [0.05, 0.1) is 5.69 Å². The van der Waals surface area contributed by atoms with Crippen LogP contribution in [-0.4, -0.2) is 31.8 Å². The zero-order valence-corrected chi connectivity index (χ0v) is 15.9. The number of nitrogens with zero attached hydrogens (tertiary/aromatic N) is 1. The number of anilines is 3. The Morgan fingerprint density at radius 1 is 1.07 bits per heavy atom. The van der Waals surface area contributed by atoms with Crippen LogP contribution in [0.25, 0.3) is 0 Å². The molecule has 1 heterocycles. The largest absolute Gasteiger partial charge is 0.454 e. The fourth-order valence-electron chi connectivity index (χ4n) is 2.70. The number of nitrogens with one attached hydrogen (secondary N) is 2. The fraction of sp³-hybridized carbons (Fsp3) is 0.350. The highest BCUT2D eigenvalue weighted by Gasteiger charge is 2.18. The van der Waals surface area contributed by atoms with Crippen molar-refractivity contribution in [3.63, 3.8) is 0 Å². The molecule has 6 nitrogen and oxygen atoms in total. The molecule has 144 valence electrons. The van der Waals surface area contributed by atoms with Gasteiger partial charge in [0.2, 0.25) is 12.7 Å². The van der Waals surface area contributed by atoms with Gasteiger partial charge in [0.25, 0.3) is 0 Å². The van der Waals surface area contributed by atoms with E-state index >= 15 is 0 Å². The molecule has 2 aromatic rings. The van der Waals surface area contributed by atoms with Crippen LogP contribution in [0.15, 0.2) is 36.4 Å². The Kier molecular flexibility index (Phi) is 5.39. The topological polar surface area (TPSA) is 62.8 Å². The van der Waals surface area contributed by atoms with E-state index in [4.69, 9.17) is 9.47 Å². The van der Waals surface area contributed by atoms with Crippen LogP contribution in [0.2, 0.25) is 0 Å². The number of halogens is 1. The minimum absolute atomic E-state index is 0.179. The molecule has 1 aliphatic heterocycles. The van der Waals surface area contributed by atoms with Crippen LogP contribution in [-0.2, 0) is 4.79 Å². The predicted octanol–water partition coefficient (Wildman–Crippen LogP) is 3.84. The standard InChI is InChI=1S/C20H24FN3O3/c1-12(2)24(4)17-7-5-14(9-16(17)21)22-13(3)20(25)23-15-6-8-18-19(10-15)27-11-26-18/h5-10,12-13,22H,11H2,1-4H3,(H,23,25). The number of carbonyl (C=O) groups excluding carboxylic acids is 1. The maximum absolute atomic E-state index is 14.4. The van der Waals surface area contributed by atoms with Crippen molar-refractivity contribution in [2.75, 3.05) is 29.4 Å². The summed E-state index contributed by atoms with van der Waals surface area (Å²) in [4.78, 5) is 14.3. The molecule has 0 saturated carbocycles. The summed E-state index contributed by atoms with van der Waals surface area (Å²) in [7, 11) is 1.84. The second-order valence-electron chi connectivity index (χ2n) is 6.79. The number of amides is 1. The lowest BCUT2D eigenvalue weighted by Gasteiger charge is -2.25. The minimum atomic E-state index is -0.552. The van der Waals surface area contributed by atoms with Crippen molar-refractivity contribution in [1.82, 2.24) is 0 Å². The van der Waals surface area contributed by atoms with E-state index in [1.54, 1.807) is 37.3 Å². The van der Waals surface area contributed by atoms with Gasteiger partial charge in [-0.1, -0.05) is 0 Å². The van der Waals surface area contributed by atoms with E-state index in [1.165, 1.54) is 6.07 Å². The lowest BCUT2D eigenvalue weighted by Crippen LogP contribution is -2.32. The highest BCUT2D eigenvalue weighted by atomic mass is 19.1. The Balaban J connectivity index is 1.63. The van der Waals surface area contributed by atoms with Crippen LogP contribution in [0.4, 0.5) is 21.5 Å². The first-order valence-corrected chi connectivity index (χ1v) is 8.84. The molecule has 0 saturated heterocycles. The molecule has 0 spiro atoms. The summed E-state index contributed by atoms with van der Waals surface area (Å²) < 4.78 is 24.9. The number of carbonyl (C=O) groups is 1. The van der Waals surface area contributed by atoms with Gasteiger partial charge in [-0.3, -0.25) is 4.79 Å². The summed E-state index contributed by atoms with van der Waals surface area (Å²) in [5, 5.41) is 5.84. The maximum atomic E-state index is 14.4. The molecule has 1 amide bonds. The Morgan fingerprint density at radius 3 is 2.48 bits per heavy atom. The average molecular weight is 373 g/mol. The predicted molar refractivity (Wildman–Crippen MR) is 104 cm³/mol. The fourth-order valence-corrected chi connectivity index (χ4v) is 2.70. The minimum Gasteiger partial charge on any atom is -0.454 e. The number of ether oxygens (including phenoxy) is 2. The second-order valence-corrected chi connectivity index (χ2v) is 6.79. The van der Waals surface area contributed by atoms with Crippen LogP contribution in [0.5, 0.6) is 11.5 Å². The molecule has 3 rings (SSSR count). The van der Waals surface area contributed by atoms with Gasteiger partial charge in [-0.15, -0.1) is 0 Å². The van der Waals surface area contributed by atoms with E-state index in [0.717, 1.165) is 0 Å². The van der Waals surface area contributed by atoms with Gasteiger partial charge in [0.15, 0.2) is 11.5 Å². The van der Waals surface area contributed by atoms with Crippen LogP contribution in [0.1, 0.15) is 20.8 Å². The lowest BCUT2D eigenvalue weighted by molar-refractivity contribution is -0.116. The summed E-state index contributed by atoms with van der Waals surface area (Å²) in [6.45, 7) is 5.88. The zero-order chi connectivity index (χ0) is 19.6. The van der Waals surface area contributed by atoms with Gasteiger partial charge in [-0.25, -0.2) is 4.39 Å². The van der Waals surface area contributed by atoms with Crippen LogP contribution >= 0.6 is 0 Å². The van der Waals surface area contributed by atoms with Crippen molar-refractivity contribution < 1.29 is 18.7 Å². The second kappa shape index (κ2) is 7.73. The van der Waals surface area contributed by atoms with E-state index < -0.39 is 6.04 Å². The van der Waals surface area contributed by atoms with Gasteiger partial charge >= 0.3 is 0 Å². The Morgan fingerprint density at radius 2 is 1.78 bits per heavy atom. The molecule has 1 unspecified atom stereocenters. The number of fused-ring (bicyclic) bond motifs is 1. The summed E-state index contributed by atoms with van der Waals surface area (Å²) in [6.07, 6.45) is 0. The molecule has 1 atom stereocenters. The maximum Gasteiger partial charge on any atom is 0.246 e. The number of benzene rings is 2. The lowest BCUT2D eigenvalue weighted by atomic mass is 10.2. The average Bonchev–Trinajstić information content (AvgIpc) is 3.09. The van der Waals surface area contributed by atoms with E-state index in [2.05, 4.69) is 10.6 Å². The van der Waals surface area contributed by atoms with E-state index in [9.17, 15) is 9.18 Å². The van der Waals surface area contributed by atoms with Gasteiger partial charge in [0, 0.05) is 30.5 Å². The molecule has 0 radical (unpaired) electrons. The monoisotopic (exact) mass is 373 g/mol. The molecule has 0 aliphatic carbocycles. The molecular formula is C20H24FN3O3. The Labute approximate surface area is 158 Å². The number of hydrogen-bond donors (Lipinski definition) is 2. The van der Waals surface area contributed by atoms with Crippen molar-refractivity contribution in [3.05, 3.63) is 42.2 Å². The molecule has 2 aromatic carbocycles. The Hall–Kier alpha value is -2.96. The zero-order valence-electron chi connectivity index (χ0n) is 15.9. The number of hydrogen-bond acceptors (Lipinski definition) is 5. The normalized spacial score (nSPS) is 13.4. The van der Waals surface area contributed by atoms with Crippen molar-refractivity contribution in [2.24, 2.45) is 0 Å². The SMILES string of the molecule is CC(Nc1ccc(N(C)C(C)C)c(F)c1)C(=O)Nc1ccc2c(c1)OCO2. The molecule has 7 heteroatoms. The summed E-state index contributed by atoms with van der Waals surface area (Å²) in [5.41, 5.74) is 1.67. The third-order valence-corrected chi connectivity index (χ3v) is 4.52. The molecular weight excluding hydrogens is 349 g/mol. The molecule has 0 fully saturated rings. The van der Waals surface area contributed by atoms with Crippen molar-refractivity contribution in [3.8, 4) is 11.5 Å². The molecule has 2 N–H and O–H groups in total. The third kappa shape index (κ3) is 4.24. The molecule has 1 aliphatic rings. The molecule has 0 bridgehead atoms. The van der Waals surface area contributed by atoms with Crippen LogP contribution in [0.3, 0.4) is 0 Å². The van der Waals surface area contributed by atoms with Crippen molar-refractivity contribution in [2.45, 2.75) is 32.9 Å². The highest BCUT2D eigenvalue weighted by Crippen LogP contribution is 2.34. The first kappa shape index (κ1) is 18.8. The molecule has 0 aromatic heterocycles. The summed E-state index contributed by atoms with van der Waals surface area (Å²) in [5.74, 6) is 0.679. The van der Waals surface area contributed by atoms with Crippen LogP contribution < -0.4 is 25.0 Å². The van der Waals surface area contributed by atoms with Gasteiger partial charge < -0.3 is 25.0 Å².